The van der Waals surface area contributed by atoms with Crippen molar-refractivity contribution in [1.29, 1.82) is 0 Å². The molecule has 5 heteroatoms. The largest absolute Gasteiger partial charge is 0.399 e. The number of nitrogens with two attached hydrogens (primary N) is 1. The number of hydrogen-bond donors (Lipinski definition) is 2. The van der Waals surface area contributed by atoms with Crippen LogP contribution in [-0.2, 0) is 11.3 Å². The van der Waals surface area contributed by atoms with Crippen LogP contribution in [0.15, 0.2) is 53.6 Å². The van der Waals surface area contributed by atoms with E-state index in [1.54, 1.807) is 30.6 Å². The van der Waals surface area contributed by atoms with Crippen molar-refractivity contribution >= 4 is 17.3 Å². The molecule has 5 nitrogen and oxygen atoms in total. The van der Waals surface area contributed by atoms with Crippen molar-refractivity contribution < 1.29 is 4.79 Å². The van der Waals surface area contributed by atoms with E-state index in [1.165, 1.54) is 12.1 Å². The van der Waals surface area contributed by atoms with E-state index in [0.717, 1.165) is 25.1 Å². The highest BCUT2D eigenvalue weighted by molar-refractivity contribution is 5.91. The number of unbranched alkanes of at least 4 members (excludes halogenated alkanes) is 1. The summed E-state index contributed by atoms with van der Waals surface area (Å²) in [6.07, 6.45) is 5.66. The Kier molecular flexibility index (Phi) is 5.15. The predicted octanol–water partition coefficient (Wildman–Crippen LogP) is 2.24. The first-order chi connectivity index (χ1) is 10.1. The molecule has 0 saturated carbocycles. The summed E-state index contributed by atoms with van der Waals surface area (Å²) in [6, 6.07) is 10.2. The standard InChI is InChI=1S/C16H19N3O2/c17-13-4-3-5-14(12-13)18-16(21)6-1-2-9-19-10-7-15(20)8-11-19/h3-5,7-8,10-12H,1-2,6,9,17H2,(H,18,21). The first-order valence-corrected chi connectivity index (χ1v) is 6.95. The number of amides is 1. The summed E-state index contributed by atoms with van der Waals surface area (Å²) in [6.45, 7) is 0.797. The highest BCUT2D eigenvalue weighted by atomic mass is 16.1. The monoisotopic (exact) mass is 285 g/mol. The van der Waals surface area contributed by atoms with E-state index < -0.39 is 0 Å². The van der Waals surface area contributed by atoms with Crippen molar-refractivity contribution in [1.82, 2.24) is 4.57 Å². The minimum atomic E-state index is -0.0134. The minimum absolute atomic E-state index is 0.00719. The van der Waals surface area contributed by atoms with E-state index in [1.807, 2.05) is 10.6 Å². The Morgan fingerprint density at radius 1 is 1.14 bits per heavy atom. The second kappa shape index (κ2) is 7.28. The molecule has 1 heterocycles. The van der Waals surface area contributed by atoms with Crippen molar-refractivity contribution in [2.75, 3.05) is 11.1 Å². The van der Waals surface area contributed by atoms with Gasteiger partial charge in [0.2, 0.25) is 5.91 Å². The number of anilines is 2. The molecule has 3 N–H and O–H groups in total. The van der Waals surface area contributed by atoms with E-state index in [9.17, 15) is 9.59 Å². The number of aromatic nitrogens is 1. The molecular formula is C16H19N3O2. The van der Waals surface area contributed by atoms with Gasteiger partial charge in [-0.15, -0.1) is 0 Å². The lowest BCUT2D eigenvalue weighted by Crippen LogP contribution is -2.11. The molecule has 2 rings (SSSR count). The molecule has 0 unspecified atom stereocenters. The van der Waals surface area contributed by atoms with Crippen LogP contribution in [0.2, 0.25) is 0 Å². The van der Waals surface area contributed by atoms with Crippen LogP contribution in [-0.4, -0.2) is 10.5 Å². The highest BCUT2D eigenvalue weighted by Gasteiger charge is 2.02. The third kappa shape index (κ3) is 5.14. The maximum absolute atomic E-state index is 11.8. The van der Waals surface area contributed by atoms with Gasteiger partial charge in [-0.2, -0.15) is 0 Å². The lowest BCUT2D eigenvalue weighted by atomic mass is 10.2. The molecule has 0 saturated heterocycles. The van der Waals surface area contributed by atoms with Crippen LogP contribution >= 0.6 is 0 Å². The van der Waals surface area contributed by atoms with E-state index >= 15 is 0 Å². The highest BCUT2D eigenvalue weighted by Crippen LogP contribution is 2.12. The van der Waals surface area contributed by atoms with Gasteiger partial charge in [0.25, 0.3) is 0 Å². The molecular weight excluding hydrogens is 266 g/mol. The number of nitrogen functional groups attached to an aromatic ring is 1. The average molecular weight is 285 g/mol. The summed E-state index contributed by atoms with van der Waals surface area (Å²) >= 11 is 0. The van der Waals surface area contributed by atoms with Gasteiger partial charge in [0, 0.05) is 48.9 Å². The molecule has 110 valence electrons. The van der Waals surface area contributed by atoms with Crippen LogP contribution in [0.1, 0.15) is 19.3 Å². The van der Waals surface area contributed by atoms with Gasteiger partial charge < -0.3 is 15.6 Å². The zero-order valence-electron chi connectivity index (χ0n) is 11.8. The van der Waals surface area contributed by atoms with Crippen molar-refractivity contribution in [2.24, 2.45) is 0 Å². The number of rotatable bonds is 6. The Labute approximate surface area is 123 Å². The van der Waals surface area contributed by atoms with E-state index in [-0.39, 0.29) is 11.3 Å². The molecule has 0 bridgehead atoms. The first kappa shape index (κ1) is 14.8. The number of carbonyl (C=O) groups is 1. The van der Waals surface area contributed by atoms with E-state index in [2.05, 4.69) is 5.32 Å². The second-order valence-corrected chi connectivity index (χ2v) is 4.90. The normalized spacial score (nSPS) is 10.3. The number of nitrogens with zero attached hydrogens (tertiary/aromatic N) is 1. The zero-order valence-corrected chi connectivity index (χ0v) is 11.8. The van der Waals surface area contributed by atoms with Gasteiger partial charge in [0.05, 0.1) is 0 Å². The lowest BCUT2D eigenvalue weighted by molar-refractivity contribution is -0.116. The molecule has 1 amide bonds. The maximum atomic E-state index is 11.8. The smallest absolute Gasteiger partial charge is 0.224 e. The zero-order chi connectivity index (χ0) is 15.1. The number of carbonyl (C=O) groups excluding carboxylic acids is 1. The molecule has 0 aliphatic heterocycles. The van der Waals surface area contributed by atoms with Gasteiger partial charge in [-0.3, -0.25) is 9.59 Å². The Bertz CT molecular complexity index is 644. The topological polar surface area (TPSA) is 77.1 Å². The molecule has 0 aliphatic rings. The molecule has 0 atom stereocenters. The van der Waals surface area contributed by atoms with E-state index in [0.29, 0.717) is 12.1 Å². The van der Waals surface area contributed by atoms with Gasteiger partial charge in [-0.25, -0.2) is 0 Å². The molecule has 0 radical (unpaired) electrons. The first-order valence-electron chi connectivity index (χ1n) is 6.95. The third-order valence-corrected chi connectivity index (χ3v) is 3.10. The summed E-state index contributed by atoms with van der Waals surface area (Å²) < 4.78 is 1.94. The fraction of sp³-hybridized carbons (Fsp3) is 0.250. The number of pyridine rings is 1. The number of nitrogens with one attached hydrogen (secondary N) is 1. The summed E-state index contributed by atoms with van der Waals surface area (Å²) in [5.41, 5.74) is 7.02. The minimum Gasteiger partial charge on any atom is -0.399 e. The predicted molar refractivity (Wildman–Crippen MR) is 84.0 cm³/mol. The Hall–Kier alpha value is -2.56. The maximum Gasteiger partial charge on any atom is 0.224 e. The molecule has 2 aromatic rings. The van der Waals surface area contributed by atoms with E-state index in [4.69, 9.17) is 5.73 Å². The van der Waals surface area contributed by atoms with Crippen LogP contribution in [0, 0.1) is 0 Å². The molecule has 21 heavy (non-hydrogen) atoms. The Morgan fingerprint density at radius 3 is 2.62 bits per heavy atom. The number of benzene rings is 1. The van der Waals surface area contributed by atoms with Gasteiger partial charge in [-0.05, 0) is 31.0 Å². The van der Waals surface area contributed by atoms with Crippen LogP contribution in [0.3, 0.4) is 0 Å². The number of aryl methyl sites for hydroxylation is 1. The Balaban J connectivity index is 1.69. The lowest BCUT2D eigenvalue weighted by Gasteiger charge is -2.07. The molecule has 0 aliphatic carbocycles. The van der Waals surface area contributed by atoms with Crippen LogP contribution in [0.5, 0.6) is 0 Å². The Morgan fingerprint density at radius 2 is 1.90 bits per heavy atom. The van der Waals surface area contributed by atoms with Gasteiger partial charge in [0.1, 0.15) is 0 Å². The third-order valence-electron chi connectivity index (χ3n) is 3.10. The van der Waals surface area contributed by atoms with Gasteiger partial charge >= 0.3 is 0 Å². The van der Waals surface area contributed by atoms with Crippen molar-refractivity contribution in [3.05, 3.63) is 59.0 Å². The molecule has 1 aromatic carbocycles. The summed E-state index contributed by atoms with van der Waals surface area (Å²) in [5, 5.41) is 2.82. The fourth-order valence-electron chi connectivity index (χ4n) is 2.01. The van der Waals surface area contributed by atoms with Crippen LogP contribution in [0.4, 0.5) is 11.4 Å². The second-order valence-electron chi connectivity index (χ2n) is 4.90. The fourth-order valence-corrected chi connectivity index (χ4v) is 2.01. The molecule has 0 spiro atoms. The van der Waals surface area contributed by atoms with Crippen molar-refractivity contribution in [2.45, 2.75) is 25.8 Å². The van der Waals surface area contributed by atoms with Crippen molar-refractivity contribution in [3.63, 3.8) is 0 Å². The van der Waals surface area contributed by atoms with Crippen LogP contribution < -0.4 is 16.5 Å². The van der Waals surface area contributed by atoms with Gasteiger partial charge in [0.15, 0.2) is 5.43 Å². The average Bonchev–Trinajstić information content (AvgIpc) is 2.45. The molecule has 0 fully saturated rings. The van der Waals surface area contributed by atoms with Gasteiger partial charge in [-0.1, -0.05) is 6.07 Å². The quantitative estimate of drug-likeness (QED) is 0.631. The summed E-state index contributed by atoms with van der Waals surface area (Å²) in [5.74, 6) is -0.0134. The SMILES string of the molecule is Nc1cccc(NC(=O)CCCCn2ccc(=O)cc2)c1. The number of hydrogen-bond acceptors (Lipinski definition) is 3. The van der Waals surface area contributed by atoms with Crippen LogP contribution in [0.25, 0.3) is 0 Å². The van der Waals surface area contributed by atoms with Crippen molar-refractivity contribution in [3.8, 4) is 0 Å². The summed E-state index contributed by atoms with van der Waals surface area (Å²) in [7, 11) is 0. The molecule has 1 aromatic heterocycles. The summed E-state index contributed by atoms with van der Waals surface area (Å²) in [4.78, 5) is 22.7.